The van der Waals surface area contributed by atoms with Gasteiger partial charge in [0.2, 0.25) is 0 Å². The maximum absolute atomic E-state index is 12.6. The minimum Gasteiger partial charge on any atom is -0.481 e. The van der Waals surface area contributed by atoms with Gasteiger partial charge in [0.15, 0.2) is 11.6 Å². The molecule has 0 aliphatic rings. The molecule has 0 aromatic heterocycles. The Morgan fingerprint density at radius 3 is 2.64 bits per heavy atom. The molecule has 2 nitrogen and oxygen atoms in total. The van der Waals surface area contributed by atoms with Gasteiger partial charge in [-0.25, -0.2) is 8.78 Å². The van der Waals surface area contributed by atoms with Gasteiger partial charge in [0.25, 0.3) is 0 Å². The molecule has 0 amide bonds. The van der Waals surface area contributed by atoms with E-state index in [4.69, 9.17) is 5.11 Å². The Morgan fingerprint density at radius 1 is 1.36 bits per heavy atom. The van der Waals surface area contributed by atoms with Crippen molar-refractivity contribution in [3.63, 3.8) is 0 Å². The maximum atomic E-state index is 12.6. The molecule has 0 heterocycles. The van der Waals surface area contributed by atoms with Crippen LogP contribution in [0.15, 0.2) is 24.3 Å². The fourth-order valence-corrected chi connectivity index (χ4v) is 0.912. The summed E-state index contributed by atoms with van der Waals surface area (Å²) in [6.07, 6.45) is 2.66. The molecule has 0 radical (unpaired) electrons. The van der Waals surface area contributed by atoms with Crippen molar-refractivity contribution < 1.29 is 18.7 Å². The van der Waals surface area contributed by atoms with Crippen LogP contribution in [0.4, 0.5) is 8.78 Å². The third-order valence-electron chi connectivity index (χ3n) is 1.55. The first-order chi connectivity index (χ1) is 6.59. The Labute approximate surface area is 79.5 Å². The predicted molar refractivity (Wildman–Crippen MR) is 47.6 cm³/mol. The van der Waals surface area contributed by atoms with Crippen LogP contribution in [0.25, 0.3) is 6.08 Å². The van der Waals surface area contributed by atoms with Crippen molar-refractivity contribution in [1.29, 1.82) is 0 Å². The quantitative estimate of drug-likeness (QED) is 0.809. The molecule has 4 heteroatoms. The van der Waals surface area contributed by atoms with E-state index in [0.29, 0.717) is 5.56 Å². The fraction of sp³-hybridized carbons (Fsp3) is 0.100. The average Bonchev–Trinajstić information content (AvgIpc) is 2.10. The van der Waals surface area contributed by atoms with E-state index in [1.165, 1.54) is 18.2 Å². The lowest BCUT2D eigenvalue weighted by molar-refractivity contribution is -0.135. The molecule has 0 aliphatic heterocycles. The molecule has 0 saturated heterocycles. The van der Waals surface area contributed by atoms with Crippen molar-refractivity contribution in [2.24, 2.45) is 0 Å². The molecule has 0 spiro atoms. The lowest BCUT2D eigenvalue weighted by atomic mass is 10.2. The normalized spacial score (nSPS) is 10.7. The van der Waals surface area contributed by atoms with E-state index in [2.05, 4.69) is 0 Å². The number of rotatable bonds is 3. The van der Waals surface area contributed by atoms with Crippen LogP contribution in [-0.2, 0) is 4.79 Å². The van der Waals surface area contributed by atoms with Crippen LogP contribution >= 0.6 is 0 Å². The van der Waals surface area contributed by atoms with Crippen LogP contribution in [0.5, 0.6) is 0 Å². The van der Waals surface area contributed by atoms with Gasteiger partial charge in [-0.15, -0.1) is 0 Å². The number of hydrogen-bond acceptors (Lipinski definition) is 1. The van der Waals surface area contributed by atoms with E-state index in [0.717, 1.165) is 12.1 Å². The summed E-state index contributed by atoms with van der Waals surface area (Å²) < 4.78 is 25.1. The first-order valence-electron chi connectivity index (χ1n) is 3.93. The van der Waals surface area contributed by atoms with Gasteiger partial charge in [-0.3, -0.25) is 4.79 Å². The number of carbonyl (C=O) groups is 1. The molecule has 0 unspecified atom stereocenters. The SMILES string of the molecule is O=C(O)C/C=C/c1ccc(F)c(F)c1. The van der Waals surface area contributed by atoms with Crippen molar-refractivity contribution in [2.45, 2.75) is 6.42 Å². The van der Waals surface area contributed by atoms with Crippen molar-refractivity contribution in [1.82, 2.24) is 0 Å². The van der Waals surface area contributed by atoms with Gasteiger partial charge in [-0.2, -0.15) is 0 Å². The van der Waals surface area contributed by atoms with E-state index < -0.39 is 17.6 Å². The minimum atomic E-state index is -0.969. The zero-order chi connectivity index (χ0) is 10.6. The molecule has 0 fully saturated rings. The highest BCUT2D eigenvalue weighted by Gasteiger charge is 1.99. The highest BCUT2D eigenvalue weighted by Crippen LogP contribution is 2.10. The second-order valence-electron chi connectivity index (χ2n) is 2.67. The Hall–Kier alpha value is -1.71. The fourth-order valence-electron chi connectivity index (χ4n) is 0.912. The van der Waals surface area contributed by atoms with E-state index >= 15 is 0 Å². The van der Waals surface area contributed by atoms with Crippen molar-refractivity contribution >= 4 is 12.0 Å². The first-order valence-corrected chi connectivity index (χ1v) is 3.93. The molecular formula is C10H8F2O2. The van der Waals surface area contributed by atoms with Crippen molar-refractivity contribution in [2.75, 3.05) is 0 Å². The summed E-state index contributed by atoms with van der Waals surface area (Å²) in [5, 5.41) is 8.30. The molecule has 14 heavy (non-hydrogen) atoms. The van der Waals surface area contributed by atoms with Crippen molar-refractivity contribution in [3.05, 3.63) is 41.5 Å². The second kappa shape index (κ2) is 4.50. The molecule has 0 aliphatic carbocycles. The number of aliphatic carboxylic acids is 1. The highest BCUT2D eigenvalue weighted by molar-refractivity contribution is 5.70. The zero-order valence-electron chi connectivity index (χ0n) is 7.21. The van der Waals surface area contributed by atoms with Crippen molar-refractivity contribution in [3.8, 4) is 0 Å². The van der Waals surface area contributed by atoms with Gasteiger partial charge in [0.05, 0.1) is 6.42 Å². The molecule has 0 atom stereocenters. The van der Waals surface area contributed by atoms with Crippen LogP contribution in [0.1, 0.15) is 12.0 Å². The Bertz CT molecular complexity index is 372. The Morgan fingerprint density at radius 2 is 2.07 bits per heavy atom. The summed E-state index contributed by atoms with van der Waals surface area (Å²) in [5.74, 6) is -2.83. The molecule has 1 rings (SSSR count). The standard InChI is InChI=1S/C10H8F2O2/c11-8-5-4-7(6-9(8)12)2-1-3-10(13)14/h1-2,4-6H,3H2,(H,13,14)/b2-1+. The van der Waals surface area contributed by atoms with Gasteiger partial charge < -0.3 is 5.11 Å². The summed E-state index contributed by atoms with van der Waals surface area (Å²) in [7, 11) is 0. The summed E-state index contributed by atoms with van der Waals surface area (Å²) in [6.45, 7) is 0. The smallest absolute Gasteiger partial charge is 0.307 e. The zero-order valence-corrected chi connectivity index (χ0v) is 7.21. The largest absolute Gasteiger partial charge is 0.481 e. The van der Waals surface area contributed by atoms with E-state index in [1.807, 2.05) is 0 Å². The molecule has 1 aromatic rings. The summed E-state index contributed by atoms with van der Waals surface area (Å²) in [5.41, 5.74) is 0.435. The highest BCUT2D eigenvalue weighted by atomic mass is 19.2. The predicted octanol–water partition coefficient (Wildman–Crippen LogP) is 2.45. The third-order valence-corrected chi connectivity index (χ3v) is 1.55. The summed E-state index contributed by atoms with van der Waals surface area (Å²) in [6, 6.07) is 3.38. The van der Waals surface area contributed by atoms with Crippen LogP contribution < -0.4 is 0 Å². The first kappa shape index (κ1) is 10.4. The number of carboxylic acids is 1. The van der Waals surface area contributed by atoms with Crippen LogP contribution in [0.2, 0.25) is 0 Å². The lowest BCUT2D eigenvalue weighted by Crippen LogP contribution is -1.90. The molecule has 1 aromatic carbocycles. The number of benzene rings is 1. The summed E-state index contributed by atoms with van der Waals surface area (Å²) >= 11 is 0. The Kier molecular flexibility index (Phi) is 3.34. The van der Waals surface area contributed by atoms with E-state index in [9.17, 15) is 13.6 Å². The molecule has 0 bridgehead atoms. The maximum Gasteiger partial charge on any atom is 0.307 e. The second-order valence-corrected chi connectivity index (χ2v) is 2.67. The molecular weight excluding hydrogens is 190 g/mol. The molecule has 1 N–H and O–H groups in total. The topological polar surface area (TPSA) is 37.3 Å². The van der Waals surface area contributed by atoms with Crippen LogP contribution in [0, 0.1) is 11.6 Å². The van der Waals surface area contributed by atoms with Gasteiger partial charge in [0.1, 0.15) is 0 Å². The molecule has 0 saturated carbocycles. The van der Waals surface area contributed by atoms with Crippen LogP contribution in [0.3, 0.4) is 0 Å². The van der Waals surface area contributed by atoms with E-state index in [1.54, 1.807) is 0 Å². The third kappa shape index (κ3) is 2.97. The van der Waals surface area contributed by atoms with Gasteiger partial charge in [-0.05, 0) is 17.7 Å². The molecule has 74 valence electrons. The average molecular weight is 198 g/mol. The van der Waals surface area contributed by atoms with E-state index in [-0.39, 0.29) is 6.42 Å². The van der Waals surface area contributed by atoms with Gasteiger partial charge >= 0.3 is 5.97 Å². The lowest BCUT2D eigenvalue weighted by Gasteiger charge is -1.94. The minimum absolute atomic E-state index is 0.140. The van der Waals surface area contributed by atoms with Crippen LogP contribution in [-0.4, -0.2) is 11.1 Å². The number of halogens is 2. The number of carboxylic acid groups (broad SMARTS) is 1. The summed E-state index contributed by atoms with van der Waals surface area (Å²) in [4.78, 5) is 10.1. The van der Waals surface area contributed by atoms with Gasteiger partial charge in [-0.1, -0.05) is 18.2 Å². The monoisotopic (exact) mass is 198 g/mol. The Balaban J connectivity index is 2.73. The van der Waals surface area contributed by atoms with Gasteiger partial charge in [0, 0.05) is 0 Å². The number of hydrogen-bond donors (Lipinski definition) is 1.